The molecule has 1 aromatic rings. The molecule has 3 nitrogen and oxygen atoms in total. The number of rotatable bonds is 2. The molecule has 0 radical (unpaired) electrons. The first-order valence-electron chi connectivity index (χ1n) is 5.69. The fourth-order valence-corrected chi connectivity index (χ4v) is 2.23. The van der Waals surface area contributed by atoms with Crippen molar-refractivity contribution in [3.8, 4) is 5.75 Å². The largest absolute Gasteiger partial charge is 0.487 e. The lowest BCUT2D eigenvalue weighted by Gasteiger charge is -2.38. The maximum Gasteiger partial charge on any atom is 0.124 e. The monoisotopic (exact) mass is 220 g/mol. The van der Waals surface area contributed by atoms with E-state index in [2.05, 4.69) is 31.4 Å². The van der Waals surface area contributed by atoms with E-state index in [1.807, 2.05) is 31.2 Å². The molecule has 0 saturated carbocycles. The van der Waals surface area contributed by atoms with E-state index < -0.39 is 0 Å². The van der Waals surface area contributed by atoms with Gasteiger partial charge in [0, 0.05) is 26.1 Å². The summed E-state index contributed by atoms with van der Waals surface area (Å²) in [6.07, 6.45) is 0.974. The Morgan fingerprint density at radius 3 is 2.69 bits per heavy atom. The minimum atomic E-state index is -0.109. The SMILES string of the molecule is CN(C)NC1CC(C)(C)Oc2ccccc21. The summed E-state index contributed by atoms with van der Waals surface area (Å²) < 4.78 is 5.97. The highest BCUT2D eigenvalue weighted by Gasteiger charge is 2.33. The average molecular weight is 220 g/mol. The van der Waals surface area contributed by atoms with Crippen LogP contribution in [0.2, 0.25) is 0 Å². The Balaban J connectivity index is 2.32. The first kappa shape index (κ1) is 11.4. The Bertz CT molecular complexity index is 374. The standard InChI is InChI=1S/C13H20N2O/c1-13(2)9-11(14-15(3)4)10-7-5-6-8-12(10)16-13/h5-8,11,14H,9H2,1-4H3. The van der Waals surface area contributed by atoms with Crippen molar-refractivity contribution in [1.82, 2.24) is 10.4 Å². The van der Waals surface area contributed by atoms with E-state index in [9.17, 15) is 0 Å². The van der Waals surface area contributed by atoms with Gasteiger partial charge in [-0.15, -0.1) is 0 Å². The second kappa shape index (κ2) is 4.07. The van der Waals surface area contributed by atoms with Gasteiger partial charge in [0.05, 0.1) is 6.04 Å². The Morgan fingerprint density at radius 1 is 1.31 bits per heavy atom. The first-order valence-corrected chi connectivity index (χ1v) is 5.69. The predicted molar refractivity (Wildman–Crippen MR) is 65.3 cm³/mol. The highest BCUT2D eigenvalue weighted by molar-refractivity contribution is 5.38. The lowest BCUT2D eigenvalue weighted by Crippen LogP contribution is -2.43. The van der Waals surface area contributed by atoms with Crippen molar-refractivity contribution in [3.05, 3.63) is 29.8 Å². The molecule has 16 heavy (non-hydrogen) atoms. The van der Waals surface area contributed by atoms with Gasteiger partial charge in [0.2, 0.25) is 0 Å². The van der Waals surface area contributed by atoms with Gasteiger partial charge in [-0.05, 0) is 19.9 Å². The van der Waals surface area contributed by atoms with Gasteiger partial charge in [0.25, 0.3) is 0 Å². The fraction of sp³-hybridized carbons (Fsp3) is 0.538. The lowest BCUT2D eigenvalue weighted by molar-refractivity contribution is 0.0510. The number of nitrogens with one attached hydrogen (secondary N) is 1. The zero-order chi connectivity index (χ0) is 11.8. The molecule has 1 N–H and O–H groups in total. The topological polar surface area (TPSA) is 24.5 Å². The van der Waals surface area contributed by atoms with Gasteiger partial charge < -0.3 is 4.74 Å². The average Bonchev–Trinajstić information content (AvgIpc) is 2.14. The number of fused-ring (bicyclic) bond motifs is 1. The van der Waals surface area contributed by atoms with Crippen LogP contribution in [0.3, 0.4) is 0 Å². The molecule has 0 saturated heterocycles. The molecule has 0 aromatic heterocycles. The van der Waals surface area contributed by atoms with E-state index in [-0.39, 0.29) is 5.60 Å². The van der Waals surface area contributed by atoms with Crippen LogP contribution in [0, 0.1) is 0 Å². The molecule has 0 aliphatic carbocycles. The molecule has 2 rings (SSSR count). The van der Waals surface area contributed by atoms with E-state index >= 15 is 0 Å². The van der Waals surface area contributed by atoms with Gasteiger partial charge in [0.15, 0.2) is 0 Å². The lowest BCUT2D eigenvalue weighted by atomic mass is 9.90. The zero-order valence-corrected chi connectivity index (χ0v) is 10.4. The first-order chi connectivity index (χ1) is 7.48. The smallest absolute Gasteiger partial charge is 0.124 e. The molecule has 1 aliphatic rings. The number of nitrogens with zero attached hydrogens (tertiary/aromatic N) is 1. The van der Waals surface area contributed by atoms with Gasteiger partial charge in [-0.1, -0.05) is 18.2 Å². The Morgan fingerprint density at radius 2 is 2.00 bits per heavy atom. The van der Waals surface area contributed by atoms with Crippen molar-refractivity contribution in [2.45, 2.75) is 31.9 Å². The molecule has 3 heteroatoms. The molecule has 88 valence electrons. The highest BCUT2D eigenvalue weighted by atomic mass is 16.5. The van der Waals surface area contributed by atoms with Crippen molar-refractivity contribution in [2.24, 2.45) is 0 Å². The molecular formula is C13H20N2O. The van der Waals surface area contributed by atoms with Gasteiger partial charge >= 0.3 is 0 Å². The van der Waals surface area contributed by atoms with E-state index in [0.717, 1.165) is 12.2 Å². The van der Waals surface area contributed by atoms with Crippen molar-refractivity contribution >= 4 is 0 Å². The highest BCUT2D eigenvalue weighted by Crippen LogP contribution is 2.39. The minimum Gasteiger partial charge on any atom is -0.487 e. The Kier molecular flexibility index (Phi) is 2.91. The third-order valence-corrected chi connectivity index (χ3v) is 2.79. The van der Waals surface area contributed by atoms with Crippen LogP contribution < -0.4 is 10.2 Å². The van der Waals surface area contributed by atoms with Crippen LogP contribution in [-0.2, 0) is 0 Å². The summed E-state index contributed by atoms with van der Waals surface area (Å²) in [6, 6.07) is 8.58. The van der Waals surface area contributed by atoms with Crippen LogP contribution >= 0.6 is 0 Å². The minimum absolute atomic E-state index is 0.109. The van der Waals surface area contributed by atoms with Crippen LogP contribution in [0.5, 0.6) is 5.75 Å². The maximum atomic E-state index is 5.97. The number of hydrogen-bond donors (Lipinski definition) is 1. The molecule has 0 fully saturated rings. The van der Waals surface area contributed by atoms with Crippen LogP contribution in [-0.4, -0.2) is 24.7 Å². The Labute approximate surface area is 97.4 Å². The molecular weight excluding hydrogens is 200 g/mol. The molecule has 1 unspecified atom stereocenters. The quantitative estimate of drug-likeness (QED) is 0.774. The summed E-state index contributed by atoms with van der Waals surface area (Å²) >= 11 is 0. The maximum absolute atomic E-state index is 5.97. The van der Waals surface area contributed by atoms with Gasteiger partial charge in [-0.25, -0.2) is 5.43 Å². The molecule has 0 spiro atoms. The van der Waals surface area contributed by atoms with Crippen molar-refractivity contribution in [3.63, 3.8) is 0 Å². The van der Waals surface area contributed by atoms with Crippen molar-refractivity contribution < 1.29 is 4.74 Å². The zero-order valence-electron chi connectivity index (χ0n) is 10.4. The second-order valence-electron chi connectivity index (χ2n) is 5.18. The summed E-state index contributed by atoms with van der Waals surface area (Å²) in [7, 11) is 4.04. The van der Waals surface area contributed by atoms with Gasteiger partial charge in [-0.2, -0.15) is 0 Å². The van der Waals surface area contributed by atoms with Gasteiger partial charge in [-0.3, -0.25) is 5.01 Å². The van der Waals surface area contributed by atoms with Crippen molar-refractivity contribution in [1.29, 1.82) is 0 Å². The molecule has 1 atom stereocenters. The number of hydrogen-bond acceptors (Lipinski definition) is 3. The molecule has 1 heterocycles. The molecule has 0 amide bonds. The number of hydrazine groups is 1. The summed E-state index contributed by atoms with van der Waals surface area (Å²) in [4.78, 5) is 0. The molecule has 1 aromatic carbocycles. The summed E-state index contributed by atoms with van der Waals surface area (Å²) in [5, 5.41) is 2.00. The Hall–Kier alpha value is -1.06. The van der Waals surface area contributed by atoms with E-state index in [1.165, 1.54) is 5.56 Å². The third kappa shape index (κ3) is 2.36. The van der Waals surface area contributed by atoms with E-state index in [4.69, 9.17) is 4.74 Å². The predicted octanol–water partition coefficient (Wildman–Crippen LogP) is 2.36. The molecule has 0 bridgehead atoms. The molecule has 1 aliphatic heterocycles. The number of ether oxygens (including phenoxy) is 1. The summed E-state index contributed by atoms with van der Waals surface area (Å²) in [5.74, 6) is 0.998. The van der Waals surface area contributed by atoms with Crippen LogP contribution in [0.15, 0.2) is 24.3 Å². The van der Waals surface area contributed by atoms with E-state index in [1.54, 1.807) is 0 Å². The van der Waals surface area contributed by atoms with Crippen molar-refractivity contribution in [2.75, 3.05) is 14.1 Å². The number of para-hydroxylation sites is 1. The second-order valence-corrected chi connectivity index (χ2v) is 5.18. The third-order valence-electron chi connectivity index (χ3n) is 2.79. The van der Waals surface area contributed by atoms with Crippen LogP contribution in [0.4, 0.5) is 0 Å². The fourth-order valence-electron chi connectivity index (χ4n) is 2.23. The van der Waals surface area contributed by atoms with Gasteiger partial charge in [0.1, 0.15) is 11.4 Å². The van der Waals surface area contributed by atoms with Crippen LogP contribution in [0.25, 0.3) is 0 Å². The summed E-state index contributed by atoms with van der Waals surface area (Å²) in [6.45, 7) is 4.26. The normalized spacial score (nSPS) is 22.7. The number of benzene rings is 1. The van der Waals surface area contributed by atoms with Crippen LogP contribution in [0.1, 0.15) is 31.9 Å². The van der Waals surface area contributed by atoms with E-state index in [0.29, 0.717) is 6.04 Å². The summed E-state index contributed by atoms with van der Waals surface area (Å²) in [5.41, 5.74) is 4.58.